The number of benzene rings is 2. The lowest BCUT2D eigenvalue weighted by molar-refractivity contribution is -0.384. The van der Waals surface area contributed by atoms with E-state index in [0.29, 0.717) is 12.6 Å². The average molecular weight is 314 g/mol. The van der Waals surface area contributed by atoms with Gasteiger partial charge in [0.05, 0.1) is 12.0 Å². The van der Waals surface area contributed by atoms with E-state index in [9.17, 15) is 10.1 Å². The van der Waals surface area contributed by atoms with Crippen LogP contribution in [0, 0.1) is 10.1 Å². The molecule has 2 rings (SSSR count). The zero-order valence-corrected chi connectivity index (χ0v) is 13.7. The zero-order valence-electron chi connectivity index (χ0n) is 13.7. The second kappa shape index (κ2) is 7.63. The van der Waals surface area contributed by atoms with Crippen LogP contribution < -0.4 is 9.64 Å². The Morgan fingerprint density at radius 3 is 2.22 bits per heavy atom. The molecular formula is C18H22N2O3. The van der Waals surface area contributed by atoms with Crippen LogP contribution in [-0.4, -0.2) is 18.1 Å². The molecule has 0 fully saturated rings. The van der Waals surface area contributed by atoms with Crippen molar-refractivity contribution in [3.63, 3.8) is 0 Å². The van der Waals surface area contributed by atoms with Crippen LogP contribution in [-0.2, 0) is 6.54 Å². The van der Waals surface area contributed by atoms with Crippen molar-refractivity contribution in [1.82, 2.24) is 0 Å². The quantitative estimate of drug-likeness (QED) is 0.561. The third-order valence-corrected chi connectivity index (χ3v) is 4.03. The molecule has 5 nitrogen and oxygen atoms in total. The lowest BCUT2D eigenvalue weighted by atomic mass is 10.1. The van der Waals surface area contributed by atoms with Crippen LogP contribution in [0.3, 0.4) is 0 Å². The van der Waals surface area contributed by atoms with E-state index in [0.717, 1.165) is 23.4 Å². The number of non-ortho nitro benzene ring substituents is 1. The molecule has 0 saturated carbocycles. The van der Waals surface area contributed by atoms with Crippen molar-refractivity contribution >= 4 is 11.4 Å². The zero-order chi connectivity index (χ0) is 16.8. The second-order valence-electron chi connectivity index (χ2n) is 5.51. The molecule has 5 heteroatoms. The number of hydrogen-bond acceptors (Lipinski definition) is 4. The van der Waals surface area contributed by atoms with Gasteiger partial charge in [-0.05, 0) is 43.2 Å². The van der Waals surface area contributed by atoms with Crippen molar-refractivity contribution in [2.24, 2.45) is 0 Å². The highest BCUT2D eigenvalue weighted by Gasteiger charge is 2.14. The van der Waals surface area contributed by atoms with Gasteiger partial charge in [-0.25, -0.2) is 0 Å². The Morgan fingerprint density at radius 2 is 1.74 bits per heavy atom. The fourth-order valence-corrected chi connectivity index (χ4v) is 2.42. The van der Waals surface area contributed by atoms with Crippen molar-refractivity contribution in [1.29, 1.82) is 0 Å². The molecule has 122 valence electrons. The van der Waals surface area contributed by atoms with Crippen LogP contribution in [0.1, 0.15) is 25.8 Å². The molecule has 0 bridgehead atoms. The van der Waals surface area contributed by atoms with Gasteiger partial charge in [0.1, 0.15) is 5.75 Å². The summed E-state index contributed by atoms with van der Waals surface area (Å²) in [5.74, 6) is 0.827. The number of nitrogens with zero attached hydrogens (tertiary/aromatic N) is 2. The minimum atomic E-state index is -0.375. The number of ether oxygens (including phenoxy) is 1. The SMILES string of the molecule is CCC(C)N(Cc1ccc([N+](=O)[O-])cc1)c1ccc(OC)cc1. The van der Waals surface area contributed by atoms with Gasteiger partial charge in [0.2, 0.25) is 0 Å². The van der Waals surface area contributed by atoms with Crippen LogP contribution in [0.5, 0.6) is 5.75 Å². The molecule has 2 aromatic carbocycles. The Morgan fingerprint density at radius 1 is 1.13 bits per heavy atom. The van der Waals surface area contributed by atoms with Crippen molar-refractivity contribution in [2.45, 2.75) is 32.9 Å². The first kappa shape index (κ1) is 16.8. The minimum absolute atomic E-state index is 0.119. The number of nitro groups is 1. The third-order valence-electron chi connectivity index (χ3n) is 4.03. The lowest BCUT2D eigenvalue weighted by Gasteiger charge is -2.31. The van der Waals surface area contributed by atoms with Crippen molar-refractivity contribution < 1.29 is 9.66 Å². The summed E-state index contributed by atoms with van der Waals surface area (Å²) in [6.45, 7) is 5.03. The molecule has 0 aliphatic rings. The first-order chi connectivity index (χ1) is 11.0. The molecule has 0 aliphatic heterocycles. The first-order valence-electron chi connectivity index (χ1n) is 7.69. The number of methoxy groups -OCH3 is 1. The van der Waals surface area contributed by atoms with Crippen LogP contribution >= 0.6 is 0 Å². The fraction of sp³-hybridized carbons (Fsp3) is 0.333. The van der Waals surface area contributed by atoms with Gasteiger partial charge in [-0.2, -0.15) is 0 Å². The van der Waals surface area contributed by atoms with E-state index in [1.54, 1.807) is 19.2 Å². The van der Waals surface area contributed by atoms with Gasteiger partial charge in [0.15, 0.2) is 0 Å². The Bertz CT molecular complexity index is 638. The molecule has 1 atom stereocenters. The normalized spacial score (nSPS) is 11.8. The summed E-state index contributed by atoms with van der Waals surface area (Å²) in [5.41, 5.74) is 2.28. The largest absolute Gasteiger partial charge is 0.497 e. The van der Waals surface area contributed by atoms with Gasteiger partial charge in [-0.15, -0.1) is 0 Å². The van der Waals surface area contributed by atoms with Crippen LogP contribution in [0.4, 0.5) is 11.4 Å². The van der Waals surface area contributed by atoms with Gasteiger partial charge in [0.25, 0.3) is 5.69 Å². The standard InChI is InChI=1S/C18H22N2O3/c1-4-14(2)19(16-9-11-18(23-3)12-10-16)13-15-5-7-17(8-6-15)20(21)22/h5-12,14H,4,13H2,1-3H3. The molecule has 0 radical (unpaired) electrons. The monoisotopic (exact) mass is 314 g/mol. The molecule has 0 aliphatic carbocycles. The van der Waals surface area contributed by atoms with Gasteiger partial charge in [-0.3, -0.25) is 10.1 Å². The Balaban J connectivity index is 2.22. The maximum atomic E-state index is 10.8. The number of anilines is 1. The van der Waals surface area contributed by atoms with Crippen molar-refractivity contribution in [3.8, 4) is 5.75 Å². The summed E-state index contributed by atoms with van der Waals surface area (Å²) in [7, 11) is 1.65. The average Bonchev–Trinajstić information content (AvgIpc) is 2.59. The summed E-state index contributed by atoms with van der Waals surface area (Å²) in [5, 5.41) is 10.8. The molecule has 0 amide bonds. The highest BCUT2D eigenvalue weighted by Crippen LogP contribution is 2.25. The Labute approximate surface area is 136 Å². The molecule has 2 aromatic rings. The predicted octanol–water partition coefficient (Wildman–Crippen LogP) is 4.41. The summed E-state index contributed by atoms with van der Waals surface area (Å²) in [6, 6.07) is 15.1. The summed E-state index contributed by atoms with van der Waals surface area (Å²) < 4.78 is 5.21. The highest BCUT2D eigenvalue weighted by atomic mass is 16.6. The molecule has 1 unspecified atom stereocenters. The maximum Gasteiger partial charge on any atom is 0.269 e. The molecule has 0 spiro atoms. The molecule has 0 saturated heterocycles. The Kier molecular flexibility index (Phi) is 5.57. The van der Waals surface area contributed by atoms with Crippen molar-refractivity contribution in [3.05, 3.63) is 64.2 Å². The van der Waals surface area contributed by atoms with E-state index in [1.807, 2.05) is 36.4 Å². The molecular weight excluding hydrogens is 292 g/mol. The third kappa shape index (κ3) is 4.22. The summed E-state index contributed by atoms with van der Waals surface area (Å²) in [6.07, 6.45) is 1.01. The summed E-state index contributed by atoms with van der Waals surface area (Å²) >= 11 is 0. The lowest BCUT2D eigenvalue weighted by Crippen LogP contribution is -2.31. The van der Waals surface area contributed by atoms with E-state index in [2.05, 4.69) is 18.7 Å². The van der Waals surface area contributed by atoms with Crippen molar-refractivity contribution in [2.75, 3.05) is 12.0 Å². The van der Waals surface area contributed by atoms with Gasteiger partial charge >= 0.3 is 0 Å². The summed E-state index contributed by atoms with van der Waals surface area (Å²) in [4.78, 5) is 12.7. The van der Waals surface area contributed by atoms with Crippen LogP contribution in [0.15, 0.2) is 48.5 Å². The smallest absolute Gasteiger partial charge is 0.269 e. The van der Waals surface area contributed by atoms with E-state index in [-0.39, 0.29) is 10.6 Å². The first-order valence-corrected chi connectivity index (χ1v) is 7.69. The minimum Gasteiger partial charge on any atom is -0.497 e. The van der Waals surface area contributed by atoms with Gasteiger partial charge in [0, 0.05) is 30.4 Å². The van der Waals surface area contributed by atoms with E-state index < -0.39 is 0 Å². The molecule has 0 N–H and O–H groups in total. The number of hydrogen-bond donors (Lipinski definition) is 0. The number of nitro benzene ring substituents is 1. The predicted molar refractivity (Wildman–Crippen MR) is 92.0 cm³/mol. The molecule has 23 heavy (non-hydrogen) atoms. The van der Waals surface area contributed by atoms with E-state index in [4.69, 9.17) is 4.74 Å². The van der Waals surface area contributed by atoms with Gasteiger partial charge < -0.3 is 9.64 Å². The van der Waals surface area contributed by atoms with Crippen LogP contribution in [0.25, 0.3) is 0 Å². The van der Waals surface area contributed by atoms with Gasteiger partial charge in [-0.1, -0.05) is 19.1 Å². The van der Waals surface area contributed by atoms with E-state index >= 15 is 0 Å². The topological polar surface area (TPSA) is 55.6 Å². The number of rotatable bonds is 7. The molecule has 0 heterocycles. The fourth-order valence-electron chi connectivity index (χ4n) is 2.42. The van der Waals surface area contributed by atoms with Crippen LogP contribution in [0.2, 0.25) is 0 Å². The van der Waals surface area contributed by atoms with E-state index in [1.165, 1.54) is 0 Å². The highest BCUT2D eigenvalue weighted by molar-refractivity contribution is 5.50. The second-order valence-corrected chi connectivity index (χ2v) is 5.51. The molecule has 0 aromatic heterocycles. The Hall–Kier alpha value is -2.56. The maximum absolute atomic E-state index is 10.8.